The Kier molecular flexibility index (Phi) is 7.38. The van der Waals surface area contributed by atoms with Gasteiger partial charge in [0.2, 0.25) is 5.71 Å². The van der Waals surface area contributed by atoms with Gasteiger partial charge in [-0.3, -0.25) is 4.57 Å². The molecule has 2 atom stereocenters. The molecule has 0 N–H and O–H groups in total. The van der Waals surface area contributed by atoms with Crippen LogP contribution in [0.25, 0.3) is 60.6 Å². The number of para-hydroxylation sites is 4. The highest BCUT2D eigenvalue weighted by Crippen LogP contribution is 2.62. The van der Waals surface area contributed by atoms with Gasteiger partial charge in [0.05, 0.1) is 22.1 Å². The van der Waals surface area contributed by atoms with Gasteiger partial charge < -0.3 is 18.6 Å². The molecule has 6 heterocycles. The molecule has 14 rings (SSSR count). The number of hydrogen-bond acceptors (Lipinski definition) is 4. The average Bonchev–Trinajstić information content (AvgIpc) is 4.02. The van der Waals surface area contributed by atoms with E-state index in [1.807, 2.05) is 0 Å². The minimum Gasteiger partial charge on any atom is -0.454 e. The van der Waals surface area contributed by atoms with Crippen molar-refractivity contribution in [2.45, 2.75) is 103 Å². The fraction of sp³-hybridized carbons (Fsp3) is 0.267. The Labute approximate surface area is 386 Å². The van der Waals surface area contributed by atoms with Crippen LogP contribution in [0.2, 0.25) is 0 Å². The molecule has 2 unspecified atom stereocenters. The Hall–Kier alpha value is -6.66. The molecule has 66 heavy (non-hydrogen) atoms. The fourth-order valence-corrected chi connectivity index (χ4v) is 13.2. The van der Waals surface area contributed by atoms with Crippen LogP contribution in [-0.2, 0) is 16.2 Å². The molecule has 1 fully saturated rings. The predicted molar refractivity (Wildman–Crippen MR) is 277 cm³/mol. The quantitative estimate of drug-likeness (QED) is 0.162. The number of hydrogen-bond donors (Lipinski definition) is 0. The summed E-state index contributed by atoms with van der Waals surface area (Å²) in [5.41, 5.74) is 20.0. The third-order valence-electron chi connectivity index (χ3n) is 16.8. The van der Waals surface area contributed by atoms with Crippen LogP contribution in [0, 0.1) is 0 Å². The van der Waals surface area contributed by atoms with Gasteiger partial charge in [-0.1, -0.05) is 146 Å². The molecule has 10 aromatic rings. The number of rotatable bonds is 2. The number of fused-ring (bicyclic) bond motifs is 15. The number of furan rings is 2. The van der Waals surface area contributed by atoms with Gasteiger partial charge in [0, 0.05) is 55.4 Å². The Bertz CT molecular complexity index is 3760. The van der Waals surface area contributed by atoms with E-state index in [1.54, 1.807) is 0 Å². The van der Waals surface area contributed by atoms with Gasteiger partial charge in [0.1, 0.15) is 11.2 Å². The summed E-state index contributed by atoms with van der Waals surface area (Å²) in [6, 6.07) is 50.5. The molecular weight excluding hydrogens is 805 g/mol. The molecule has 6 heteroatoms. The number of anilines is 5. The molecule has 0 saturated heterocycles. The number of aromatic nitrogens is 1. The number of benzene rings is 7. The second kappa shape index (κ2) is 12.6. The van der Waals surface area contributed by atoms with E-state index in [-0.39, 0.29) is 28.5 Å². The van der Waals surface area contributed by atoms with Gasteiger partial charge in [0.15, 0.2) is 5.58 Å². The zero-order valence-corrected chi connectivity index (χ0v) is 39.3. The van der Waals surface area contributed by atoms with Crippen molar-refractivity contribution >= 4 is 106 Å². The first-order chi connectivity index (χ1) is 31.7. The van der Waals surface area contributed by atoms with Crippen LogP contribution in [0.3, 0.4) is 0 Å². The fourth-order valence-electron chi connectivity index (χ4n) is 13.2. The van der Waals surface area contributed by atoms with E-state index in [9.17, 15) is 0 Å². The van der Waals surface area contributed by atoms with Gasteiger partial charge >= 0.3 is 0 Å². The van der Waals surface area contributed by atoms with Crippen molar-refractivity contribution in [2.75, 3.05) is 9.80 Å². The Balaban J connectivity index is 1.11. The van der Waals surface area contributed by atoms with E-state index in [4.69, 9.17) is 8.83 Å². The van der Waals surface area contributed by atoms with E-state index in [1.165, 1.54) is 97.1 Å². The Morgan fingerprint density at radius 3 is 2.05 bits per heavy atom. The van der Waals surface area contributed by atoms with Crippen molar-refractivity contribution in [1.29, 1.82) is 0 Å². The first-order valence-electron chi connectivity index (χ1n) is 24.2. The minimum absolute atomic E-state index is 0.00588. The zero-order chi connectivity index (χ0) is 44.8. The van der Waals surface area contributed by atoms with Gasteiger partial charge in [-0.2, -0.15) is 0 Å². The van der Waals surface area contributed by atoms with Crippen molar-refractivity contribution in [2.24, 2.45) is 0 Å². The highest BCUT2D eigenvalue weighted by Gasteiger charge is 2.58. The van der Waals surface area contributed by atoms with Crippen molar-refractivity contribution in [1.82, 2.24) is 4.57 Å². The van der Waals surface area contributed by atoms with E-state index in [0.29, 0.717) is 0 Å². The maximum atomic E-state index is 6.99. The molecule has 7 aromatic carbocycles. The smallest absolute Gasteiger partial charge is 0.252 e. The summed E-state index contributed by atoms with van der Waals surface area (Å²) in [6.07, 6.45) is 4.80. The summed E-state index contributed by atoms with van der Waals surface area (Å²) < 4.78 is 16.4. The summed E-state index contributed by atoms with van der Waals surface area (Å²) in [5, 5.41) is 5.83. The topological polar surface area (TPSA) is 37.7 Å². The molecule has 3 aliphatic heterocycles. The number of nitrogens with zero attached hydrogens (tertiary/aromatic N) is 3. The van der Waals surface area contributed by atoms with E-state index >= 15 is 0 Å². The van der Waals surface area contributed by atoms with E-state index in [2.05, 4.69) is 203 Å². The predicted octanol–water partition coefficient (Wildman–Crippen LogP) is 14.4. The van der Waals surface area contributed by atoms with Crippen molar-refractivity contribution < 1.29 is 8.83 Å². The third-order valence-corrected chi connectivity index (χ3v) is 16.8. The molecule has 324 valence electrons. The Morgan fingerprint density at radius 2 is 1.24 bits per heavy atom. The molecule has 1 saturated carbocycles. The van der Waals surface area contributed by atoms with Crippen LogP contribution in [-0.4, -0.2) is 16.8 Å². The highest BCUT2D eigenvalue weighted by atomic mass is 16.3. The maximum Gasteiger partial charge on any atom is 0.252 e. The molecule has 0 amide bonds. The lowest BCUT2D eigenvalue weighted by Crippen LogP contribution is -2.60. The van der Waals surface area contributed by atoms with Crippen LogP contribution in [0.15, 0.2) is 142 Å². The monoisotopic (exact) mass is 859 g/mol. The summed E-state index contributed by atoms with van der Waals surface area (Å²) in [6.45, 7) is 19.2. The molecular formula is C60H54BN3O2. The van der Waals surface area contributed by atoms with Crippen molar-refractivity contribution in [3.63, 3.8) is 0 Å². The normalized spacial score (nSPS) is 19.9. The molecule has 0 spiro atoms. The van der Waals surface area contributed by atoms with Gasteiger partial charge in [-0.25, -0.2) is 0 Å². The largest absolute Gasteiger partial charge is 0.454 e. The second-order valence-corrected chi connectivity index (χ2v) is 22.4. The maximum absolute atomic E-state index is 6.99. The SMILES string of the molecule is CC(C)(C)c1cc2c3c(c1)-n1c4oc5ccccc5c4c4cccc(c41)B3c1ccc(N3c4ccc(C(C)(C)C)cc4C4(C)CCCCC34C)cc1N2c1cccc2c1oc1ccccc12. The summed E-state index contributed by atoms with van der Waals surface area (Å²) in [7, 11) is 0. The molecule has 1 aliphatic carbocycles. The lowest BCUT2D eigenvalue weighted by Gasteiger charge is -2.50. The van der Waals surface area contributed by atoms with E-state index < -0.39 is 0 Å². The van der Waals surface area contributed by atoms with Gasteiger partial charge in [-0.05, 0) is 112 Å². The van der Waals surface area contributed by atoms with Gasteiger partial charge in [-0.15, -0.1) is 0 Å². The lowest BCUT2D eigenvalue weighted by molar-refractivity contribution is 0.195. The van der Waals surface area contributed by atoms with Crippen LogP contribution in [0.4, 0.5) is 28.4 Å². The van der Waals surface area contributed by atoms with Crippen molar-refractivity contribution in [3.8, 4) is 5.69 Å². The highest BCUT2D eigenvalue weighted by molar-refractivity contribution is 7.00. The Morgan fingerprint density at radius 1 is 0.545 bits per heavy atom. The van der Waals surface area contributed by atoms with E-state index in [0.717, 1.165) is 50.7 Å². The standard InChI is InChI=1S/C60H54BN3O2/c1-57(2,3)35-25-28-45-42(31-35)59(7)29-13-14-30-60(59,8)64(45)37-26-27-43-47(34-37)62(46-22-16-19-39-38-17-9-11-23-50(38)65-55(39)46)48-32-36(58(4,5)6)33-49-53(48)61(43)44-21-15-20-41-52-40-18-10-12-24-51(40)66-56(52)63(49)54(41)44/h9-12,15-28,31-34H,13-14,29-30H2,1-8H3. The summed E-state index contributed by atoms with van der Waals surface area (Å²) >= 11 is 0. The molecule has 0 bridgehead atoms. The average molecular weight is 860 g/mol. The molecule has 4 aliphatic rings. The van der Waals surface area contributed by atoms with Crippen LogP contribution in [0.1, 0.15) is 97.8 Å². The van der Waals surface area contributed by atoms with Crippen LogP contribution < -0.4 is 26.2 Å². The molecule has 3 aromatic heterocycles. The third kappa shape index (κ3) is 4.77. The van der Waals surface area contributed by atoms with Crippen LogP contribution >= 0.6 is 0 Å². The molecule has 5 nitrogen and oxygen atoms in total. The zero-order valence-electron chi connectivity index (χ0n) is 39.3. The van der Waals surface area contributed by atoms with Gasteiger partial charge in [0.25, 0.3) is 6.71 Å². The van der Waals surface area contributed by atoms with Crippen molar-refractivity contribution in [3.05, 3.63) is 150 Å². The summed E-state index contributed by atoms with van der Waals surface area (Å²) in [4.78, 5) is 5.33. The van der Waals surface area contributed by atoms with Crippen LogP contribution in [0.5, 0.6) is 0 Å². The molecule has 0 radical (unpaired) electrons. The first-order valence-corrected chi connectivity index (χ1v) is 24.2. The summed E-state index contributed by atoms with van der Waals surface area (Å²) in [5.74, 6) is 0. The second-order valence-electron chi connectivity index (χ2n) is 22.4. The lowest BCUT2D eigenvalue weighted by atomic mass is 9.33. The minimum atomic E-state index is -0.151. The first kappa shape index (κ1) is 38.6.